The number of carbonyl (C=O) groups excluding carboxylic acids is 1. The summed E-state index contributed by atoms with van der Waals surface area (Å²) >= 11 is 0. The molecule has 2 aromatic rings. The molecule has 1 aromatic heterocycles. The normalized spacial score (nSPS) is 23.6. The Balaban J connectivity index is 1.53. The summed E-state index contributed by atoms with van der Waals surface area (Å²) in [7, 11) is 1.70. The molecular weight excluding hydrogens is 326 g/mol. The number of amides is 1. The fourth-order valence-corrected chi connectivity index (χ4v) is 4.73. The van der Waals surface area contributed by atoms with Crippen LogP contribution < -0.4 is 10.9 Å². The highest BCUT2D eigenvalue weighted by molar-refractivity contribution is 6.06. The summed E-state index contributed by atoms with van der Waals surface area (Å²) in [6.07, 6.45) is 7.93. The van der Waals surface area contributed by atoms with E-state index in [4.69, 9.17) is 0 Å². The number of pyridine rings is 1. The van der Waals surface area contributed by atoms with E-state index < -0.39 is 0 Å². The van der Waals surface area contributed by atoms with Crippen LogP contribution in [0.3, 0.4) is 0 Å². The zero-order valence-electron chi connectivity index (χ0n) is 15.4. The first-order valence-corrected chi connectivity index (χ1v) is 9.76. The van der Waals surface area contributed by atoms with Crippen LogP contribution in [-0.4, -0.2) is 41.1 Å². The first-order valence-electron chi connectivity index (χ1n) is 9.76. The highest BCUT2D eigenvalue weighted by atomic mass is 16.2. The fourth-order valence-electron chi connectivity index (χ4n) is 4.73. The van der Waals surface area contributed by atoms with Crippen LogP contribution in [0, 0.1) is 5.92 Å². The van der Waals surface area contributed by atoms with Crippen LogP contribution in [0.5, 0.6) is 0 Å². The highest BCUT2D eigenvalue weighted by Gasteiger charge is 2.33. The Kier molecular flexibility index (Phi) is 4.81. The molecule has 0 aliphatic carbocycles. The molecule has 138 valence electrons. The lowest BCUT2D eigenvalue weighted by molar-refractivity contribution is 0.0576. The van der Waals surface area contributed by atoms with E-state index in [0.717, 1.165) is 11.9 Å². The van der Waals surface area contributed by atoms with Gasteiger partial charge in [-0.1, -0.05) is 24.6 Å². The van der Waals surface area contributed by atoms with Crippen molar-refractivity contribution in [3.05, 3.63) is 46.4 Å². The zero-order chi connectivity index (χ0) is 18.1. The Morgan fingerprint density at radius 1 is 1.12 bits per heavy atom. The SMILES string of the molecule is Cn1cc(C(=O)NC[C@H]2CCCN3CCCC[C@H]23)c2ccccc2c1=O. The minimum atomic E-state index is -0.0790. The summed E-state index contributed by atoms with van der Waals surface area (Å²) in [4.78, 5) is 27.8. The Labute approximate surface area is 154 Å². The molecule has 0 bridgehead atoms. The molecule has 0 unspecified atom stereocenters. The van der Waals surface area contributed by atoms with Crippen LogP contribution in [0.4, 0.5) is 0 Å². The van der Waals surface area contributed by atoms with Crippen molar-refractivity contribution < 1.29 is 4.79 Å². The largest absolute Gasteiger partial charge is 0.352 e. The number of nitrogens with one attached hydrogen (secondary N) is 1. The monoisotopic (exact) mass is 353 g/mol. The van der Waals surface area contributed by atoms with Gasteiger partial charge in [0.2, 0.25) is 0 Å². The van der Waals surface area contributed by atoms with Crippen LogP contribution in [0.2, 0.25) is 0 Å². The summed E-state index contributed by atoms with van der Waals surface area (Å²) in [6, 6.07) is 7.98. The lowest BCUT2D eigenvalue weighted by atomic mass is 9.83. The number of nitrogens with zero attached hydrogens (tertiary/aromatic N) is 2. The van der Waals surface area contributed by atoms with Gasteiger partial charge in [0.15, 0.2) is 0 Å². The topological polar surface area (TPSA) is 54.3 Å². The van der Waals surface area contributed by atoms with Crippen molar-refractivity contribution in [3.63, 3.8) is 0 Å². The van der Waals surface area contributed by atoms with Crippen molar-refractivity contribution in [2.75, 3.05) is 19.6 Å². The second kappa shape index (κ2) is 7.23. The lowest BCUT2D eigenvalue weighted by Gasteiger charge is -2.44. The number of rotatable bonds is 3. The Hall–Kier alpha value is -2.14. The summed E-state index contributed by atoms with van der Waals surface area (Å²) in [5.74, 6) is 0.455. The summed E-state index contributed by atoms with van der Waals surface area (Å²) in [6.45, 7) is 3.14. The number of aromatic nitrogens is 1. The maximum absolute atomic E-state index is 12.9. The molecule has 2 fully saturated rings. The molecule has 1 aromatic carbocycles. The number of benzene rings is 1. The Morgan fingerprint density at radius 2 is 1.88 bits per heavy atom. The maximum Gasteiger partial charge on any atom is 0.258 e. The van der Waals surface area contributed by atoms with Crippen molar-refractivity contribution in [1.82, 2.24) is 14.8 Å². The molecule has 3 heterocycles. The van der Waals surface area contributed by atoms with E-state index in [0.29, 0.717) is 22.9 Å². The second-order valence-electron chi connectivity index (χ2n) is 7.72. The second-order valence-corrected chi connectivity index (χ2v) is 7.72. The number of hydrogen-bond acceptors (Lipinski definition) is 3. The average molecular weight is 353 g/mol. The van der Waals surface area contributed by atoms with Gasteiger partial charge in [0.05, 0.1) is 5.56 Å². The van der Waals surface area contributed by atoms with Crippen LogP contribution in [0.25, 0.3) is 10.8 Å². The van der Waals surface area contributed by atoms with Crippen LogP contribution in [-0.2, 0) is 7.05 Å². The number of hydrogen-bond donors (Lipinski definition) is 1. The first-order chi connectivity index (χ1) is 12.6. The molecular formula is C21H27N3O2. The van der Waals surface area contributed by atoms with Crippen molar-refractivity contribution in [3.8, 4) is 0 Å². The maximum atomic E-state index is 12.9. The molecule has 5 nitrogen and oxygen atoms in total. The van der Waals surface area contributed by atoms with E-state index in [2.05, 4.69) is 10.2 Å². The standard InChI is InChI=1S/C21H27N3O2/c1-23-14-18(16-8-2-3-9-17(16)21(23)26)20(25)22-13-15-7-6-12-24-11-5-4-10-19(15)24/h2-3,8-9,14-15,19H,4-7,10-13H2,1H3,(H,22,25)/t15-,19-/m1/s1. The predicted molar refractivity (Wildman–Crippen MR) is 103 cm³/mol. The molecule has 2 aliphatic rings. The zero-order valence-corrected chi connectivity index (χ0v) is 15.4. The minimum Gasteiger partial charge on any atom is -0.352 e. The van der Waals surface area contributed by atoms with Gasteiger partial charge in [-0.15, -0.1) is 0 Å². The number of fused-ring (bicyclic) bond motifs is 2. The molecule has 1 N–H and O–H groups in total. The van der Waals surface area contributed by atoms with Crippen molar-refractivity contribution in [2.45, 2.75) is 38.1 Å². The smallest absolute Gasteiger partial charge is 0.258 e. The van der Waals surface area contributed by atoms with Gasteiger partial charge in [0.1, 0.15) is 0 Å². The van der Waals surface area contributed by atoms with Crippen LogP contribution >= 0.6 is 0 Å². The highest BCUT2D eigenvalue weighted by Crippen LogP contribution is 2.30. The van der Waals surface area contributed by atoms with Crippen molar-refractivity contribution in [1.29, 1.82) is 0 Å². The summed E-state index contributed by atoms with van der Waals surface area (Å²) in [5.41, 5.74) is 0.515. The number of aryl methyl sites for hydroxylation is 1. The van der Waals surface area contributed by atoms with E-state index in [1.807, 2.05) is 18.2 Å². The molecule has 2 saturated heterocycles. The molecule has 0 radical (unpaired) electrons. The van der Waals surface area contributed by atoms with Crippen LogP contribution in [0.1, 0.15) is 42.5 Å². The lowest BCUT2D eigenvalue weighted by Crippen LogP contribution is -2.51. The predicted octanol–water partition coefficient (Wildman–Crippen LogP) is 2.53. The Morgan fingerprint density at radius 3 is 2.73 bits per heavy atom. The van der Waals surface area contributed by atoms with Crippen molar-refractivity contribution >= 4 is 16.7 Å². The van der Waals surface area contributed by atoms with E-state index in [1.54, 1.807) is 19.3 Å². The average Bonchev–Trinajstić information content (AvgIpc) is 2.69. The van der Waals surface area contributed by atoms with E-state index in [1.165, 1.54) is 49.8 Å². The van der Waals surface area contributed by atoms with E-state index in [-0.39, 0.29) is 11.5 Å². The van der Waals surface area contributed by atoms with Gasteiger partial charge in [-0.2, -0.15) is 0 Å². The number of piperidine rings is 2. The molecule has 2 atom stereocenters. The molecule has 1 amide bonds. The molecule has 0 spiro atoms. The van der Waals surface area contributed by atoms with Gasteiger partial charge in [0.25, 0.3) is 11.5 Å². The van der Waals surface area contributed by atoms with E-state index in [9.17, 15) is 9.59 Å². The third-order valence-electron chi connectivity index (χ3n) is 6.09. The third kappa shape index (κ3) is 3.16. The first kappa shape index (κ1) is 17.3. The van der Waals surface area contributed by atoms with E-state index >= 15 is 0 Å². The molecule has 0 saturated carbocycles. The fraction of sp³-hybridized carbons (Fsp3) is 0.524. The molecule has 4 rings (SSSR count). The van der Waals surface area contributed by atoms with Crippen LogP contribution in [0.15, 0.2) is 35.3 Å². The minimum absolute atomic E-state index is 0.0673. The van der Waals surface area contributed by atoms with Crippen molar-refractivity contribution in [2.24, 2.45) is 13.0 Å². The third-order valence-corrected chi connectivity index (χ3v) is 6.09. The van der Waals surface area contributed by atoms with Gasteiger partial charge in [-0.05, 0) is 50.8 Å². The number of carbonyl (C=O) groups is 1. The van der Waals surface area contributed by atoms with Gasteiger partial charge in [-0.3, -0.25) is 9.59 Å². The quantitative estimate of drug-likeness (QED) is 0.923. The molecule has 2 aliphatic heterocycles. The molecule has 26 heavy (non-hydrogen) atoms. The van der Waals surface area contributed by atoms with Gasteiger partial charge in [0, 0.05) is 36.6 Å². The Bertz CT molecular complexity index is 871. The van der Waals surface area contributed by atoms with Gasteiger partial charge < -0.3 is 14.8 Å². The van der Waals surface area contributed by atoms with Gasteiger partial charge in [-0.25, -0.2) is 0 Å². The summed E-state index contributed by atoms with van der Waals surface area (Å²) < 4.78 is 1.50. The summed E-state index contributed by atoms with van der Waals surface area (Å²) in [5, 5.41) is 4.49. The van der Waals surface area contributed by atoms with Gasteiger partial charge >= 0.3 is 0 Å². The molecule has 5 heteroatoms.